The fourth-order valence-corrected chi connectivity index (χ4v) is 4.92. The number of rotatable bonds is 1. The molecule has 3 aliphatic carbocycles. The summed E-state index contributed by atoms with van der Waals surface area (Å²) in [6.07, 6.45) is 8.90. The van der Waals surface area contributed by atoms with Crippen molar-refractivity contribution >= 4 is 0 Å². The number of hydrogen-bond donors (Lipinski definition) is 2. The summed E-state index contributed by atoms with van der Waals surface area (Å²) in [6.45, 7) is 6.73. The maximum absolute atomic E-state index is 10.00. The largest absolute Gasteiger partial charge is 0.508 e. The Bertz CT molecular complexity index is 629. The first-order valence-corrected chi connectivity index (χ1v) is 9.72. The van der Waals surface area contributed by atoms with Gasteiger partial charge in [0.25, 0.3) is 0 Å². The second-order valence-electron chi connectivity index (χ2n) is 8.01. The van der Waals surface area contributed by atoms with Crippen molar-refractivity contribution in [2.75, 3.05) is 0 Å². The van der Waals surface area contributed by atoms with Crippen LogP contribution in [-0.2, 0) is 11.8 Å². The van der Waals surface area contributed by atoms with E-state index in [0.717, 1.165) is 25.7 Å². The van der Waals surface area contributed by atoms with Gasteiger partial charge < -0.3 is 10.2 Å². The van der Waals surface area contributed by atoms with Gasteiger partial charge in [0.2, 0.25) is 0 Å². The van der Waals surface area contributed by atoms with E-state index in [1.54, 1.807) is 11.1 Å². The first-order valence-electron chi connectivity index (χ1n) is 9.72. The number of fused-ring (bicyclic) bond motifs is 4. The van der Waals surface area contributed by atoms with Crippen LogP contribution in [0.3, 0.4) is 0 Å². The quantitative estimate of drug-likeness (QED) is 0.690. The number of phenols is 1. The molecule has 0 amide bonds. The zero-order chi connectivity index (χ0) is 17.3. The summed E-state index contributed by atoms with van der Waals surface area (Å²) in [7, 11) is 0. The molecule has 2 N–H and O–H groups in total. The predicted molar refractivity (Wildman–Crippen MR) is 99.4 cm³/mol. The van der Waals surface area contributed by atoms with E-state index in [0.29, 0.717) is 11.7 Å². The summed E-state index contributed by atoms with van der Waals surface area (Å²) in [6, 6.07) is 5.89. The predicted octanol–water partition coefficient (Wildman–Crippen LogP) is 5.26. The van der Waals surface area contributed by atoms with Crippen LogP contribution in [0.5, 0.6) is 5.75 Å². The zero-order valence-electron chi connectivity index (χ0n) is 15.4. The van der Waals surface area contributed by atoms with Gasteiger partial charge in [-0.25, -0.2) is 0 Å². The van der Waals surface area contributed by atoms with Gasteiger partial charge in [-0.05, 0) is 67.7 Å². The smallest absolute Gasteiger partial charge is 0.115 e. The Kier molecular flexibility index (Phi) is 5.05. The Morgan fingerprint density at radius 2 is 1.92 bits per heavy atom. The molecule has 3 atom stereocenters. The molecule has 0 aromatic heterocycles. The third kappa shape index (κ3) is 3.01. The molecule has 0 radical (unpaired) electrons. The molecule has 132 valence electrons. The maximum atomic E-state index is 10.00. The third-order valence-corrected chi connectivity index (χ3v) is 6.38. The lowest BCUT2D eigenvalue weighted by Gasteiger charge is -2.44. The Hall–Kier alpha value is -1.28. The van der Waals surface area contributed by atoms with E-state index in [4.69, 9.17) is 0 Å². The normalized spacial score (nSPS) is 30.8. The van der Waals surface area contributed by atoms with Crippen molar-refractivity contribution in [3.63, 3.8) is 0 Å². The number of phenolic OH excluding ortho intramolecular Hbond substituents is 1. The average Bonchev–Trinajstić information content (AvgIpc) is 2.94. The van der Waals surface area contributed by atoms with E-state index in [-0.39, 0.29) is 11.5 Å². The minimum atomic E-state index is -0.119. The van der Waals surface area contributed by atoms with Crippen LogP contribution < -0.4 is 0 Å². The molecule has 0 bridgehead atoms. The van der Waals surface area contributed by atoms with Gasteiger partial charge in [0.05, 0.1) is 6.10 Å². The van der Waals surface area contributed by atoms with Crippen LogP contribution in [0, 0.1) is 5.92 Å². The van der Waals surface area contributed by atoms with Crippen LogP contribution in [0.2, 0.25) is 0 Å². The SMILES string of the molecule is CC12CCC3CC(O)CC3=C1CCc1cc(O)ccc12.CCCC. The monoisotopic (exact) mass is 328 g/mol. The van der Waals surface area contributed by atoms with Crippen molar-refractivity contribution in [2.24, 2.45) is 5.92 Å². The molecule has 0 saturated heterocycles. The van der Waals surface area contributed by atoms with Crippen molar-refractivity contribution in [3.8, 4) is 5.75 Å². The molecule has 24 heavy (non-hydrogen) atoms. The lowest BCUT2D eigenvalue weighted by atomic mass is 9.60. The second kappa shape index (κ2) is 6.92. The highest BCUT2D eigenvalue weighted by atomic mass is 16.3. The van der Waals surface area contributed by atoms with Gasteiger partial charge in [-0.3, -0.25) is 0 Å². The lowest BCUT2D eigenvalue weighted by Crippen LogP contribution is -2.35. The van der Waals surface area contributed by atoms with Crippen LogP contribution in [-0.4, -0.2) is 16.3 Å². The molecular formula is C22H32O2. The number of benzene rings is 1. The van der Waals surface area contributed by atoms with E-state index in [9.17, 15) is 10.2 Å². The Morgan fingerprint density at radius 3 is 2.62 bits per heavy atom. The number of allylic oxidation sites excluding steroid dienone is 1. The van der Waals surface area contributed by atoms with Crippen LogP contribution in [0.15, 0.2) is 29.3 Å². The van der Waals surface area contributed by atoms with Gasteiger partial charge in [0.1, 0.15) is 5.75 Å². The van der Waals surface area contributed by atoms with Crippen molar-refractivity contribution in [1.82, 2.24) is 0 Å². The highest BCUT2D eigenvalue weighted by molar-refractivity contribution is 5.51. The van der Waals surface area contributed by atoms with E-state index < -0.39 is 0 Å². The lowest BCUT2D eigenvalue weighted by molar-refractivity contribution is 0.177. The second-order valence-corrected chi connectivity index (χ2v) is 8.01. The van der Waals surface area contributed by atoms with Crippen LogP contribution in [0.25, 0.3) is 0 Å². The summed E-state index contributed by atoms with van der Waals surface area (Å²) < 4.78 is 0. The van der Waals surface area contributed by atoms with Gasteiger partial charge in [0, 0.05) is 5.41 Å². The van der Waals surface area contributed by atoms with Crippen LogP contribution in [0.4, 0.5) is 0 Å². The molecular weight excluding hydrogens is 296 g/mol. The molecule has 1 saturated carbocycles. The minimum absolute atomic E-state index is 0.119. The number of aliphatic hydroxyl groups is 1. The molecule has 2 heteroatoms. The first kappa shape index (κ1) is 17.5. The molecule has 3 unspecified atom stereocenters. The van der Waals surface area contributed by atoms with Crippen molar-refractivity contribution in [3.05, 3.63) is 40.5 Å². The molecule has 0 aliphatic heterocycles. The highest BCUT2D eigenvalue weighted by Gasteiger charge is 2.44. The summed E-state index contributed by atoms with van der Waals surface area (Å²) in [5, 5.41) is 19.7. The Morgan fingerprint density at radius 1 is 1.17 bits per heavy atom. The van der Waals surface area contributed by atoms with Gasteiger partial charge >= 0.3 is 0 Å². The molecule has 0 spiro atoms. The summed E-state index contributed by atoms with van der Waals surface area (Å²) >= 11 is 0. The van der Waals surface area contributed by atoms with Crippen LogP contribution in [0.1, 0.15) is 76.8 Å². The van der Waals surface area contributed by atoms with E-state index >= 15 is 0 Å². The number of hydrogen-bond acceptors (Lipinski definition) is 2. The third-order valence-electron chi connectivity index (χ3n) is 6.38. The standard InChI is InChI=1S/C18H22O2.C4H10/c1-18-7-6-11-8-14(20)10-15(11)17(18)4-2-12-9-13(19)3-5-16(12)18;1-3-4-2/h3,5,9,11,14,19-20H,2,4,6-8,10H2,1H3;3-4H2,1-2H3. The van der Waals surface area contributed by atoms with E-state index in [2.05, 4.69) is 26.8 Å². The Labute approximate surface area is 146 Å². The molecule has 3 aliphatic rings. The minimum Gasteiger partial charge on any atom is -0.508 e. The Balaban J connectivity index is 0.000000383. The number of aryl methyl sites for hydroxylation is 1. The van der Waals surface area contributed by atoms with Crippen molar-refractivity contribution < 1.29 is 10.2 Å². The topological polar surface area (TPSA) is 40.5 Å². The molecule has 4 rings (SSSR count). The van der Waals surface area contributed by atoms with E-state index in [1.165, 1.54) is 36.8 Å². The molecule has 0 heterocycles. The highest BCUT2D eigenvalue weighted by Crippen LogP contribution is 2.54. The fraction of sp³-hybridized carbons (Fsp3) is 0.636. The van der Waals surface area contributed by atoms with Gasteiger partial charge in [-0.1, -0.05) is 50.8 Å². The zero-order valence-corrected chi connectivity index (χ0v) is 15.4. The summed E-state index contributed by atoms with van der Waals surface area (Å²) in [5.74, 6) is 1.01. The summed E-state index contributed by atoms with van der Waals surface area (Å²) in [4.78, 5) is 0. The molecule has 1 aromatic rings. The maximum Gasteiger partial charge on any atom is 0.115 e. The van der Waals surface area contributed by atoms with Crippen molar-refractivity contribution in [1.29, 1.82) is 0 Å². The van der Waals surface area contributed by atoms with Gasteiger partial charge in [-0.15, -0.1) is 0 Å². The first-order chi connectivity index (χ1) is 11.5. The molecule has 2 nitrogen and oxygen atoms in total. The van der Waals surface area contributed by atoms with E-state index in [1.807, 2.05) is 12.1 Å². The number of unbranched alkanes of at least 4 members (excludes halogenated alkanes) is 1. The van der Waals surface area contributed by atoms with Crippen molar-refractivity contribution in [2.45, 2.75) is 83.7 Å². The fourth-order valence-electron chi connectivity index (χ4n) is 4.92. The molecule has 1 fully saturated rings. The van der Waals surface area contributed by atoms with Crippen LogP contribution >= 0.6 is 0 Å². The summed E-state index contributed by atoms with van der Waals surface area (Å²) in [5.41, 5.74) is 6.02. The molecule has 1 aromatic carbocycles. The van der Waals surface area contributed by atoms with Gasteiger partial charge in [-0.2, -0.15) is 0 Å². The van der Waals surface area contributed by atoms with Gasteiger partial charge in [0.15, 0.2) is 0 Å². The average molecular weight is 328 g/mol. The number of aliphatic hydroxyl groups excluding tert-OH is 1. The number of aromatic hydroxyl groups is 1.